The maximum atomic E-state index is 4.59. The van der Waals surface area contributed by atoms with Crippen molar-refractivity contribution in [2.24, 2.45) is 0 Å². The number of nitrogens with zero attached hydrogens (tertiary/aromatic N) is 4. The molecule has 1 aliphatic carbocycles. The van der Waals surface area contributed by atoms with Crippen LogP contribution >= 0.6 is 0 Å². The Kier molecular flexibility index (Phi) is 3.29. The molecule has 1 aliphatic rings. The molecule has 1 aromatic carbocycles. The molecular formula is C17H18N6. The van der Waals surface area contributed by atoms with Crippen LogP contribution < -0.4 is 10.6 Å². The molecule has 1 fully saturated rings. The second-order valence-electron chi connectivity index (χ2n) is 6.07. The number of fused-ring (bicyclic) bond motifs is 1. The summed E-state index contributed by atoms with van der Waals surface area (Å²) in [6, 6.07) is 6.83. The molecular weight excluding hydrogens is 288 g/mol. The lowest BCUT2D eigenvalue weighted by atomic mass is 10.1. The van der Waals surface area contributed by atoms with E-state index < -0.39 is 0 Å². The van der Waals surface area contributed by atoms with Gasteiger partial charge >= 0.3 is 0 Å². The third-order valence-electron chi connectivity index (χ3n) is 3.77. The van der Waals surface area contributed by atoms with Gasteiger partial charge in [0.1, 0.15) is 17.4 Å². The van der Waals surface area contributed by atoms with Crippen LogP contribution in [0.2, 0.25) is 0 Å². The van der Waals surface area contributed by atoms with Crippen LogP contribution in [-0.2, 0) is 0 Å². The third-order valence-corrected chi connectivity index (χ3v) is 3.77. The zero-order valence-corrected chi connectivity index (χ0v) is 13.2. The summed E-state index contributed by atoms with van der Waals surface area (Å²) in [5.41, 5.74) is 4.86. The second kappa shape index (κ2) is 5.46. The minimum Gasteiger partial charge on any atom is -0.351 e. The average Bonchev–Trinajstić information content (AvgIpc) is 3.31. The number of rotatable bonds is 4. The molecule has 1 saturated carbocycles. The van der Waals surface area contributed by atoms with E-state index in [9.17, 15) is 0 Å². The zero-order chi connectivity index (χ0) is 15.8. The van der Waals surface area contributed by atoms with E-state index in [2.05, 4.69) is 62.6 Å². The summed E-state index contributed by atoms with van der Waals surface area (Å²) < 4.78 is 0. The Hall–Kier alpha value is -2.76. The highest BCUT2D eigenvalue weighted by Gasteiger charge is 2.22. The Morgan fingerprint density at radius 2 is 1.78 bits per heavy atom. The normalized spacial score (nSPS) is 14.0. The fourth-order valence-corrected chi connectivity index (χ4v) is 2.61. The van der Waals surface area contributed by atoms with Gasteiger partial charge < -0.3 is 10.6 Å². The fourth-order valence-electron chi connectivity index (χ4n) is 2.61. The monoisotopic (exact) mass is 306 g/mol. The Morgan fingerprint density at radius 3 is 2.52 bits per heavy atom. The number of nitrogens with one attached hydrogen (secondary N) is 2. The number of hydrogen-bond acceptors (Lipinski definition) is 6. The third kappa shape index (κ3) is 3.06. The largest absolute Gasteiger partial charge is 0.351 e. The van der Waals surface area contributed by atoms with E-state index in [0.717, 1.165) is 16.7 Å². The SMILES string of the molecule is Cc1cc(C)cc(Nc2ncnc3cnc(NC4CC4)nc23)c1. The number of aromatic nitrogens is 4. The summed E-state index contributed by atoms with van der Waals surface area (Å²) in [6.45, 7) is 4.16. The lowest BCUT2D eigenvalue weighted by Crippen LogP contribution is -2.06. The topological polar surface area (TPSA) is 75.6 Å². The smallest absolute Gasteiger partial charge is 0.223 e. The van der Waals surface area contributed by atoms with E-state index in [1.54, 1.807) is 6.20 Å². The van der Waals surface area contributed by atoms with Crippen molar-refractivity contribution in [3.63, 3.8) is 0 Å². The van der Waals surface area contributed by atoms with Crippen molar-refractivity contribution < 1.29 is 0 Å². The highest BCUT2D eigenvalue weighted by atomic mass is 15.1. The van der Waals surface area contributed by atoms with Crippen molar-refractivity contribution in [3.05, 3.63) is 41.9 Å². The van der Waals surface area contributed by atoms with Crippen molar-refractivity contribution in [1.29, 1.82) is 0 Å². The first-order valence-corrected chi connectivity index (χ1v) is 7.77. The standard InChI is InChI=1S/C17H18N6/c1-10-5-11(2)7-13(6-10)21-16-15-14(19-9-20-16)8-18-17(23-15)22-12-3-4-12/h5-9,12H,3-4H2,1-2H3,(H,18,22,23)(H,19,20,21). The molecule has 4 rings (SSSR count). The molecule has 0 unspecified atom stereocenters. The minimum absolute atomic E-state index is 0.507. The molecule has 2 heterocycles. The van der Waals surface area contributed by atoms with Gasteiger partial charge in [-0.25, -0.2) is 19.9 Å². The maximum absolute atomic E-state index is 4.59. The van der Waals surface area contributed by atoms with Gasteiger partial charge in [0.25, 0.3) is 0 Å². The van der Waals surface area contributed by atoms with Gasteiger partial charge in [-0.15, -0.1) is 0 Å². The number of hydrogen-bond donors (Lipinski definition) is 2. The summed E-state index contributed by atoms with van der Waals surface area (Å²) in [5.74, 6) is 1.33. The second-order valence-corrected chi connectivity index (χ2v) is 6.07. The van der Waals surface area contributed by atoms with E-state index in [0.29, 0.717) is 17.8 Å². The average molecular weight is 306 g/mol. The van der Waals surface area contributed by atoms with Crippen LogP contribution in [0, 0.1) is 13.8 Å². The summed E-state index contributed by atoms with van der Waals surface area (Å²) >= 11 is 0. The minimum atomic E-state index is 0.507. The molecule has 6 nitrogen and oxygen atoms in total. The Balaban J connectivity index is 1.72. The van der Waals surface area contributed by atoms with Crippen LogP contribution in [0.1, 0.15) is 24.0 Å². The van der Waals surface area contributed by atoms with Gasteiger partial charge in [-0.3, -0.25) is 0 Å². The first kappa shape index (κ1) is 13.9. The van der Waals surface area contributed by atoms with Crippen molar-refractivity contribution >= 4 is 28.5 Å². The molecule has 6 heteroatoms. The Morgan fingerprint density at radius 1 is 1.00 bits per heavy atom. The molecule has 0 atom stereocenters. The maximum Gasteiger partial charge on any atom is 0.223 e. The van der Waals surface area contributed by atoms with Gasteiger partial charge in [-0.2, -0.15) is 0 Å². The highest BCUT2D eigenvalue weighted by Crippen LogP contribution is 2.26. The van der Waals surface area contributed by atoms with Gasteiger partial charge in [0, 0.05) is 11.7 Å². The summed E-state index contributed by atoms with van der Waals surface area (Å²) in [4.78, 5) is 17.5. The lowest BCUT2D eigenvalue weighted by Gasteiger charge is -2.10. The summed E-state index contributed by atoms with van der Waals surface area (Å²) in [5, 5.41) is 6.67. The van der Waals surface area contributed by atoms with Gasteiger partial charge in [0.05, 0.1) is 6.20 Å². The molecule has 0 spiro atoms. The van der Waals surface area contributed by atoms with Crippen molar-refractivity contribution in [2.75, 3.05) is 10.6 Å². The number of anilines is 3. The zero-order valence-electron chi connectivity index (χ0n) is 13.2. The molecule has 0 radical (unpaired) electrons. The molecule has 23 heavy (non-hydrogen) atoms. The Labute approximate surface area is 134 Å². The van der Waals surface area contributed by atoms with Gasteiger partial charge in [0.15, 0.2) is 5.82 Å². The van der Waals surface area contributed by atoms with Crippen LogP contribution in [0.25, 0.3) is 11.0 Å². The van der Waals surface area contributed by atoms with E-state index in [1.807, 2.05) is 0 Å². The van der Waals surface area contributed by atoms with Gasteiger partial charge in [-0.05, 0) is 49.9 Å². The lowest BCUT2D eigenvalue weighted by molar-refractivity contribution is 1.06. The summed E-state index contributed by atoms with van der Waals surface area (Å²) in [7, 11) is 0. The predicted octanol–water partition coefficient (Wildman–Crippen LogP) is 3.35. The predicted molar refractivity (Wildman–Crippen MR) is 91.0 cm³/mol. The first-order chi connectivity index (χ1) is 11.2. The van der Waals surface area contributed by atoms with Crippen LogP contribution in [0.5, 0.6) is 0 Å². The van der Waals surface area contributed by atoms with E-state index in [4.69, 9.17) is 0 Å². The molecule has 2 N–H and O–H groups in total. The van der Waals surface area contributed by atoms with Crippen molar-refractivity contribution in [1.82, 2.24) is 19.9 Å². The molecule has 3 aromatic rings. The van der Waals surface area contributed by atoms with E-state index in [-0.39, 0.29) is 0 Å². The molecule has 0 aliphatic heterocycles. The number of benzene rings is 1. The molecule has 0 amide bonds. The van der Waals surface area contributed by atoms with Gasteiger partial charge in [-0.1, -0.05) is 6.07 Å². The quantitative estimate of drug-likeness (QED) is 0.770. The van der Waals surface area contributed by atoms with Crippen molar-refractivity contribution in [3.8, 4) is 0 Å². The van der Waals surface area contributed by atoms with Crippen LogP contribution in [-0.4, -0.2) is 26.0 Å². The van der Waals surface area contributed by atoms with Crippen LogP contribution in [0.4, 0.5) is 17.5 Å². The van der Waals surface area contributed by atoms with Gasteiger partial charge in [0.2, 0.25) is 5.95 Å². The first-order valence-electron chi connectivity index (χ1n) is 7.77. The van der Waals surface area contributed by atoms with E-state index >= 15 is 0 Å². The van der Waals surface area contributed by atoms with Crippen molar-refractivity contribution in [2.45, 2.75) is 32.7 Å². The van der Waals surface area contributed by atoms with Crippen LogP contribution in [0.15, 0.2) is 30.7 Å². The molecule has 0 saturated heterocycles. The number of aryl methyl sites for hydroxylation is 2. The molecule has 0 bridgehead atoms. The van der Waals surface area contributed by atoms with Crippen LogP contribution in [0.3, 0.4) is 0 Å². The highest BCUT2D eigenvalue weighted by molar-refractivity contribution is 5.87. The fraction of sp³-hybridized carbons (Fsp3) is 0.294. The molecule has 116 valence electrons. The summed E-state index contributed by atoms with van der Waals surface area (Å²) in [6.07, 6.45) is 5.63. The van der Waals surface area contributed by atoms with E-state index in [1.165, 1.54) is 30.3 Å². The Bertz CT molecular complexity index is 852. The molecule has 2 aromatic heterocycles.